The van der Waals surface area contributed by atoms with Crippen LogP contribution in [0, 0.1) is 5.82 Å². The van der Waals surface area contributed by atoms with Gasteiger partial charge in [0.15, 0.2) is 5.82 Å². The first-order valence-electron chi connectivity index (χ1n) is 9.44. The normalized spacial score (nSPS) is 23.1. The Hall–Kier alpha value is -2.74. The van der Waals surface area contributed by atoms with Crippen LogP contribution < -0.4 is 4.90 Å². The van der Waals surface area contributed by atoms with E-state index in [0.717, 1.165) is 12.8 Å². The Balaban J connectivity index is 1.49. The molecular formula is C20H23FN4O3. The van der Waals surface area contributed by atoms with Crippen molar-refractivity contribution < 1.29 is 18.7 Å². The van der Waals surface area contributed by atoms with Crippen LogP contribution in [0.3, 0.4) is 0 Å². The van der Waals surface area contributed by atoms with Crippen molar-refractivity contribution in [3.8, 4) is 0 Å². The lowest BCUT2D eigenvalue weighted by molar-refractivity contribution is -0.140. The number of imidazole rings is 1. The van der Waals surface area contributed by atoms with Crippen molar-refractivity contribution >= 4 is 17.5 Å². The van der Waals surface area contributed by atoms with Gasteiger partial charge in [0.2, 0.25) is 0 Å². The SMILES string of the molecule is Cn1ccnc1C(=O)N1CCCC2(CC1)CN(c1ccc(F)cc1)C(=O)CO2. The van der Waals surface area contributed by atoms with E-state index in [-0.39, 0.29) is 24.2 Å². The Morgan fingerprint density at radius 1 is 1.21 bits per heavy atom. The molecular weight excluding hydrogens is 363 g/mol. The zero-order valence-corrected chi connectivity index (χ0v) is 15.8. The predicted molar refractivity (Wildman–Crippen MR) is 100 cm³/mol. The highest BCUT2D eigenvalue weighted by Crippen LogP contribution is 2.33. The van der Waals surface area contributed by atoms with E-state index in [2.05, 4.69) is 4.98 Å². The van der Waals surface area contributed by atoms with Crippen LogP contribution >= 0.6 is 0 Å². The number of carbonyl (C=O) groups excluding carboxylic acids is 2. The second kappa shape index (κ2) is 7.35. The molecule has 4 rings (SSSR count). The molecule has 1 atom stereocenters. The summed E-state index contributed by atoms with van der Waals surface area (Å²) in [5.74, 6) is -0.144. The van der Waals surface area contributed by atoms with Crippen molar-refractivity contribution in [1.82, 2.24) is 14.5 Å². The number of benzene rings is 1. The van der Waals surface area contributed by atoms with Gasteiger partial charge >= 0.3 is 0 Å². The van der Waals surface area contributed by atoms with E-state index in [4.69, 9.17) is 4.74 Å². The topological polar surface area (TPSA) is 67.7 Å². The molecule has 2 saturated heterocycles. The molecule has 2 amide bonds. The fraction of sp³-hybridized carbons (Fsp3) is 0.450. The summed E-state index contributed by atoms with van der Waals surface area (Å²) in [7, 11) is 1.80. The van der Waals surface area contributed by atoms with Gasteiger partial charge in [0.1, 0.15) is 12.4 Å². The lowest BCUT2D eigenvalue weighted by atomic mass is 9.92. The van der Waals surface area contributed by atoms with Gasteiger partial charge in [0, 0.05) is 38.2 Å². The molecule has 0 bridgehead atoms. The summed E-state index contributed by atoms with van der Waals surface area (Å²) in [5, 5.41) is 0. The summed E-state index contributed by atoms with van der Waals surface area (Å²) in [6.07, 6.45) is 5.53. The van der Waals surface area contributed by atoms with Crippen LogP contribution in [0.15, 0.2) is 36.7 Å². The second-order valence-corrected chi connectivity index (χ2v) is 7.44. The fourth-order valence-electron chi connectivity index (χ4n) is 3.96. The van der Waals surface area contributed by atoms with Gasteiger partial charge in [-0.15, -0.1) is 0 Å². The number of halogens is 1. The standard InChI is InChI=1S/C20H23FN4O3/c1-23-12-9-22-18(23)19(27)24-10-2-7-20(8-11-24)14-25(17(26)13-28-20)16-5-3-15(21)4-6-16/h3-6,9,12H,2,7-8,10-11,13-14H2,1H3. The summed E-state index contributed by atoms with van der Waals surface area (Å²) in [4.78, 5) is 32.8. The quantitative estimate of drug-likeness (QED) is 0.792. The number of hydrogen-bond acceptors (Lipinski definition) is 4. The summed E-state index contributed by atoms with van der Waals surface area (Å²) < 4.78 is 21.0. The predicted octanol–water partition coefficient (Wildman–Crippen LogP) is 1.99. The van der Waals surface area contributed by atoms with Gasteiger partial charge in [-0.3, -0.25) is 9.59 Å². The van der Waals surface area contributed by atoms with E-state index < -0.39 is 5.60 Å². The number of morpholine rings is 1. The van der Waals surface area contributed by atoms with Crippen LogP contribution in [0.25, 0.3) is 0 Å². The summed E-state index contributed by atoms with van der Waals surface area (Å²) in [6.45, 7) is 1.56. The highest BCUT2D eigenvalue weighted by Gasteiger charge is 2.42. The summed E-state index contributed by atoms with van der Waals surface area (Å²) in [5.41, 5.74) is 0.165. The summed E-state index contributed by atoms with van der Waals surface area (Å²) in [6, 6.07) is 5.93. The molecule has 148 valence electrons. The van der Waals surface area contributed by atoms with Crippen molar-refractivity contribution in [2.45, 2.75) is 24.9 Å². The molecule has 2 fully saturated rings. The molecule has 1 spiro atoms. The number of nitrogens with zero attached hydrogens (tertiary/aromatic N) is 4. The van der Waals surface area contributed by atoms with E-state index in [9.17, 15) is 14.0 Å². The van der Waals surface area contributed by atoms with Crippen molar-refractivity contribution in [3.05, 3.63) is 48.3 Å². The molecule has 0 radical (unpaired) electrons. The third kappa shape index (κ3) is 3.52. The third-order valence-corrected chi connectivity index (χ3v) is 5.58. The van der Waals surface area contributed by atoms with Crippen LogP contribution in [-0.4, -0.2) is 58.1 Å². The van der Waals surface area contributed by atoms with Crippen LogP contribution in [0.1, 0.15) is 29.9 Å². The fourth-order valence-corrected chi connectivity index (χ4v) is 3.96. The van der Waals surface area contributed by atoms with Gasteiger partial charge in [0.25, 0.3) is 11.8 Å². The van der Waals surface area contributed by atoms with Gasteiger partial charge in [-0.05, 0) is 43.5 Å². The molecule has 1 unspecified atom stereocenters. The molecule has 1 aromatic carbocycles. The highest BCUT2D eigenvalue weighted by atomic mass is 19.1. The number of amides is 2. The minimum absolute atomic E-state index is 0.00924. The first kappa shape index (κ1) is 18.6. The maximum absolute atomic E-state index is 13.2. The van der Waals surface area contributed by atoms with Crippen molar-refractivity contribution in [2.24, 2.45) is 7.05 Å². The molecule has 2 aromatic rings. The number of rotatable bonds is 2. The molecule has 28 heavy (non-hydrogen) atoms. The number of carbonyl (C=O) groups is 2. The van der Waals surface area contributed by atoms with Gasteiger partial charge in [-0.2, -0.15) is 0 Å². The molecule has 0 saturated carbocycles. The second-order valence-electron chi connectivity index (χ2n) is 7.44. The molecule has 0 aliphatic carbocycles. The number of hydrogen-bond donors (Lipinski definition) is 0. The van der Waals surface area contributed by atoms with E-state index in [1.165, 1.54) is 12.1 Å². The zero-order chi connectivity index (χ0) is 19.7. The summed E-state index contributed by atoms with van der Waals surface area (Å²) >= 11 is 0. The van der Waals surface area contributed by atoms with Crippen LogP contribution in [-0.2, 0) is 16.6 Å². The van der Waals surface area contributed by atoms with E-state index in [1.807, 2.05) is 0 Å². The molecule has 0 N–H and O–H groups in total. The van der Waals surface area contributed by atoms with Crippen LogP contribution in [0.2, 0.25) is 0 Å². The van der Waals surface area contributed by atoms with Gasteiger partial charge in [-0.25, -0.2) is 9.37 Å². The van der Waals surface area contributed by atoms with Crippen LogP contribution in [0.5, 0.6) is 0 Å². The first-order valence-corrected chi connectivity index (χ1v) is 9.44. The molecule has 2 aliphatic rings. The van der Waals surface area contributed by atoms with Crippen molar-refractivity contribution in [1.29, 1.82) is 0 Å². The number of aryl methyl sites for hydroxylation is 1. The molecule has 3 heterocycles. The minimum Gasteiger partial charge on any atom is -0.363 e. The number of likely N-dealkylation sites (tertiary alicyclic amines) is 1. The Morgan fingerprint density at radius 3 is 2.71 bits per heavy atom. The van der Waals surface area contributed by atoms with Crippen molar-refractivity contribution in [3.63, 3.8) is 0 Å². The Morgan fingerprint density at radius 2 is 2.00 bits per heavy atom. The van der Waals surface area contributed by atoms with Gasteiger partial charge < -0.3 is 19.1 Å². The smallest absolute Gasteiger partial charge is 0.289 e. The van der Waals surface area contributed by atoms with Crippen LogP contribution in [0.4, 0.5) is 10.1 Å². The van der Waals surface area contributed by atoms with E-state index >= 15 is 0 Å². The minimum atomic E-state index is -0.501. The number of ether oxygens (including phenoxy) is 1. The molecule has 2 aliphatic heterocycles. The Labute approximate surface area is 162 Å². The van der Waals surface area contributed by atoms with E-state index in [0.29, 0.717) is 37.6 Å². The molecule has 7 nitrogen and oxygen atoms in total. The molecule has 8 heteroatoms. The highest BCUT2D eigenvalue weighted by molar-refractivity contribution is 5.95. The monoisotopic (exact) mass is 386 g/mol. The van der Waals surface area contributed by atoms with Gasteiger partial charge in [-0.1, -0.05) is 0 Å². The maximum atomic E-state index is 13.2. The lowest BCUT2D eigenvalue weighted by Crippen LogP contribution is -2.55. The molecule has 1 aromatic heterocycles. The lowest BCUT2D eigenvalue weighted by Gasteiger charge is -2.42. The third-order valence-electron chi connectivity index (χ3n) is 5.58. The zero-order valence-electron chi connectivity index (χ0n) is 15.8. The Bertz CT molecular complexity index is 882. The van der Waals surface area contributed by atoms with Crippen molar-refractivity contribution in [2.75, 3.05) is 31.1 Å². The average molecular weight is 386 g/mol. The first-order chi connectivity index (χ1) is 13.5. The largest absolute Gasteiger partial charge is 0.363 e. The Kier molecular flexibility index (Phi) is 4.89. The van der Waals surface area contributed by atoms with E-state index in [1.54, 1.807) is 45.9 Å². The number of aromatic nitrogens is 2. The van der Waals surface area contributed by atoms with Gasteiger partial charge in [0.05, 0.1) is 12.1 Å². The number of anilines is 1. The average Bonchev–Trinajstić information content (AvgIpc) is 3.01. The maximum Gasteiger partial charge on any atom is 0.289 e.